The van der Waals surface area contributed by atoms with Gasteiger partial charge in [-0.2, -0.15) is 0 Å². The van der Waals surface area contributed by atoms with Crippen LogP contribution in [0.5, 0.6) is 0 Å². The molecule has 1 unspecified atom stereocenters. The Labute approximate surface area is 287 Å². The minimum atomic E-state index is -3.58. The molecule has 2 heterocycles. The Morgan fingerprint density at radius 2 is 1.60 bits per heavy atom. The van der Waals surface area contributed by atoms with Crippen LogP contribution in [0.2, 0.25) is 0 Å². The quantitative estimate of drug-likeness (QED) is 0.115. The number of ether oxygens (including phenoxy) is 4. The van der Waals surface area contributed by atoms with E-state index in [0.717, 1.165) is 18.4 Å². The second-order valence-corrected chi connectivity index (χ2v) is 16.9. The predicted molar refractivity (Wildman–Crippen MR) is 186 cm³/mol. The van der Waals surface area contributed by atoms with Crippen LogP contribution in [0, 0.1) is 29.1 Å². The van der Waals surface area contributed by atoms with E-state index >= 15 is 0 Å². The summed E-state index contributed by atoms with van der Waals surface area (Å²) in [6, 6.07) is 17.5. The van der Waals surface area contributed by atoms with Gasteiger partial charge in [-0.05, 0) is 94.0 Å². The molecule has 9 heteroatoms. The van der Waals surface area contributed by atoms with Gasteiger partial charge in [0.05, 0.1) is 59.3 Å². The van der Waals surface area contributed by atoms with Crippen molar-refractivity contribution in [3.63, 3.8) is 0 Å². The highest BCUT2D eigenvalue weighted by Gasteiger charge is 2.46. The lowest BCUT2D eigenvalue weighted by atomic mass is 9.82. The zero-order valence-corrected chi connectivity index (χ0v) is 30.2. The van der Waals surface area contributed by atoms with Gasteiger partial charge in [-0.15, -0.1) is 0 Å². The lowest BCUT2D eigenvalue weighted by Crippen LogP contribution is -2.38. The molecule has 2 aliphatic heterocycles. The normalized spacial score (nSPS) is 27.0. The standard InChI is InChI=1S/C39H54O8S/c1-26(24-45-37(40)30-15-10-8-11-16-30)21-34-29(4)33(25-48(42,43)32-18-12-9-13-19-32)36(47-34)23-35-28(3)27(2)22-31(46-35)17-14-20-44-38(41)39(5,6)7/h8-13,15-16,18-19,26-27,29,31,33-36H,3,14,17,20-25H2,1-2,4-7H3/t26-,27+,29+,31-,33+,34+,35+,36?/m0/s1. The van der Waals surface area contributed by atoms with Gasteiger partial charge in [0.25, 0.3) is 0 Å². The van der Waals surface area contributed by atoms with E-state index < -0.39 is 15.3 Å². The fraction of sp³-hybridized carbons (Fsp3) is 0.590. The van der Waals surface area contributed by atoms with Crippen molar-refractivity contribution < 1.29 is 37.0 Å². The number of benzene rings is 2. The SMILES string of the molecule is C=C1[C@H](C)C[C@H](CCCOC(=O)C(C)(C)C)O[C@@H]1CC1O[C@H](C[C@H](C)COC(=O)c2ccccc2)[C@H](C)[C@H]1CS(=O)(=O)c1ccccc1. The van der Waals surface area contributed by atoms with Gasteiger partial charge in [0.15, 0.2) is 9.84 Å². The summed E-state index contributed by atoms with van der Waals surface area (Å²) in [7, 11) is -3.58. The molecule has 0 radical (unpaired) electrons. The average molecular weight is 683 g/mol. The topological polar surface area (TPSA) is 105 Å². The van der Waals surface area contributed by atoms with Gasteiger partial charge < -0.3 is 18.9 Å². The molecule has 2 aliphatic rings. The van der Waals surface area contributed by atoms with Gasteiger partial charge in [0, 0.05) is 12.3 Å². The smallest absolute Gasteiger partial charge is 0.338 e. The Morgan fingerprint density at radius 1 is 0.958 bits per heavy atom. The Kier molecular flexibility index (Phi) is 13.1. The second kappa shape index (κ2) is 16.6. The van der Waals surface area contributed by atoms with Gasteiger partial charge in [-0.1, -0.05) is 63.7 Å². The highest BCUT2D eigenvalue weighted by molar-refractivity contribution is 7.91. The first-order valence-electron chi connectivity index (χ1n) is 17.3. The van der Waals surface area contributed by atoms with E-state index in [2.05, 4.69) is 20.4 Å². The van der Waals surface area contributed by atoms with Gasteiger partial charge in [-0.25, -0.2) is 13.2 Å². The first-order chi connectivity index (χ1) is 22.7. The first kappa shape index (κ1) is 37.8. The summed E-state index contributed by atoms with van der Waals surface area (Å²) in [5, 5.41) is 0. The Bertz CT molecular complexity index is 1470. The molecule has 48 heavy (non-hydrogen) atoms. The molecule has 0 spiro atoms. The first-order valence-corrected chi connectivity index (χ1v) is 19.0. The minimum Gasteiger partial charge on any atom is -0.465 e. The molecule has 264 valence electrons. The molecule has 0 aromatic heterocycles. The number of rotatable bonds is 14. The summed E-state index contributed by atoms with van der Waals surface area (Å²) < 4.78 is 51.7. The lowest BCUT2D eigenvalue weighted by Gasteiger charge is -2.38. The summed E-state index contributed by atoms with van der Waals surface area (Å²) in [5.41, 5.74) is 0.966. The molecule has 2 aromatic rings. The zero-order valence-electron chi connectivity index (χ0n) is 29.4. The van der Waals surface area contributed by atoms with E-state index in [1.54, 1.807) is 48.5 Å². The van der Waals surface area contributed by atoms with E-state index in [1.807, 2.05) is 39.8 Å². The fourth-order valence-corrected chi connectivity index (χ4v) is 8.46. The van der Waals surface area contributed by atoms with Crippen molar-refractivity contribution >= 4 is 21.8 Å². The Hall–Kier alpha value is -3.01. The van der Waals surface area contributed by atoms with Crippen molar-refractivity contribution in [2.45, 2.75) is 103 Å². The highest BCUT2D eigenvalue weighted by Crippen LogP contribution is 2.42. The summed E-state index contributed by atoms with van der Waals surface area (Å²) in [6.07, 6.45) is 2.54. The Morgan fingerprint density at radius 3 is 2.25 bits per heavy atom. The van der Waals surface area contributed by atoms with Crippen LogP contribution < -0.4 is 0 Å². The number of hydrogen-bond acceptors (Lipinski definition) is 8. The monoisotopic (exact) mass is 682 g/mol. The highest BCUT2D eigenvalue weighted by atomic mass is 32.2. The van der Waals surface area contributed by atoms with Crippen LogP contribution in [-0.2, 0) is 33.6 Å². The molecular formula is C39H54O8S. The van der Waals surface area contributed by atoms with Crippen molar-refractivity contribution in [1.82, 2.24) is 0 Å². The molecule has 0 amide bonds. The van der Waals surface area contributed by atoms with Crippen molar-refractivity contribution in [3.8, 4) is 0 Å². The number of sulfone groups is 1. The maximum Gasteiger partial charge on any atom is 0.338 e. The van der Waals surface area contributed by atoms with Gasteiger partial charge in [0.1, 0.15) is 0 Å². The molecule has 8 nitrogen and oxygen atoms in total. The largest absolute Gasteiger partial charge is 0.465 e. The lowest BCUT2D eigenvalue weighted by molar-refractivity contribution is -0.153. The minimum absolute atomic E-state index is 0.00734. The van der Waals surface area contributed by atoms with Crippen LogP contribution in [0.3, 0.4) is 0 Å². The van der Waals surface area contributed by atoms with Crippen LogP contribution in [0.1, 0.15) is 84.0 Å². The summed E-state index contributed by atoms with van der Waals surface area (Å²) in [4.78, 5) is 25.0. The molecule has 4 rings (SSSR count). The molecule has 2 fully saturated rings. The third kappa shape index (κ3) is 10.3. The number of esters is 2. The van der Waals surface area contributed by atoms with Gasteiger partial charge in [-0.3, -0.25) is 4.79 Å². The molecule has 0 N–H and O–H groups in total. The summed E-state index contributed by atoms with van der Waals surface area (Å²) in [6.45, 7) is 16.7. The maximum atomic E-state index is 13.6. The van der Waals surface area contributed by atoms with Crippen molar-refractivity contribution in [2.24, 2.45) is 29.1 Å². The molecule has 2 aromatic carbocycles. The molecule has 0 saturated carbocycles. The van der Waals surface area contributed by atoms with E-state index in [1.165, 1.54) is 0 Å². The number of carbonyl (C=O) groups is 2. The third-order valence-electron chi connectivity index (χ3n) is 9.73. The van der Waals surface area contributed by atoms with Crippen molar-refractivity contribution in [3.05, 3.63) is 78.4 Å². The van der Waals surface area contributed by atoms with Crippen molar-refractivity contribution in [2.75, 3.05) is 19.0 Å². The maximum absolute atomic E-state index is 13.6. The summed E-state index contributed by atoms with van der Waals surface area (Å²) in [5.74, 6) is -0.690. The fourth-order valence-electron chi connectivity index (χ4n) is 6.68. The summed E-state index contributed by atoms with van der Waals surface area (Å²) >= 11 is 0. The number of hydrogen-bond donors (Lipinski definition) is 0. The molecular weight excluding hydrogens is 628 g/mol. The molecule has 0 bridgehead atoms. The van der Waals surface area contributed by atoms with Crippen LogP contribution in [-0.4, -0.2) is 63.7 Å². The second-order valence-electron chi connectivity index (χ2n) is 14.9. The Balaban J connectivity index is 1.43. The van der Waals surface area contributed by atoms with Crippen LogP contribution in [0.25, 0.3) is 0 Å². The van der Waals surface area contributed by atoms with E-state index in [4.69, 9.17) is 18.9 Å². The van der Waals surface area contributed by atoms with Crippen LogP contribution in [0.15, 0.2) is 77.7 Å². The van der Waals surface area contributed by atoms with Crippen LogP contribution >= 0.6 is 0 Å². The average Bonchev–Trinajstić information content (AvgIpc) is 3.32. The molecule has 0 aliphatic carbocycles. The third-order valence-corrected chi connectivity index (χ3v) is 11.5. The van der Waals surface area contributed by atoms with Gasteiger partial charge >= 0.3 is 11.9 Å². The van der Waals surface area contributed by atoms with Crippen LogP contribution in [0.4, 0.5) is 0 Å². The number of carbonyl (C=O) groups excluding carboxylic acids is 2. The van der Waals surface area contributed by atoms with Crippen molar-refractivity contribution in [1.29, 1.82) is 0 Å². The molecule has 2 saturated heterocycles. The van der Waals surface area contributed by atoms with Gasteiger partial charge in [0.2, 0.25) is 0 Å². The molecule has 8 atom stereocenters. The van der Waals surface area contributed by atoms with E-state index in [-0.39, 0.29) is 72.4 Å². The predicted octanol–water partition coefficient (Wildman–Crippen LogP) is 7.47. The van der Waals surface area contributed by atoms with E-state index in [0.29, 0.717) is 36.3 Å². The zero-order chi connectivity index (χ0) is 35.1. The van der Waals surface area contributed by atoms with E-state index in [9.17, 15) is 18.0 Å².